The molecular formula is C36H36N6O5S. The van der Waals surface area contributed by atoms with Gasteiger partial charge in [0.1, 0.15) is 0 Å². The van der Waals surface area contributed by atoms with Crippen molar-refractivity contribution in [2.75, 3.05) is 44.2 Å². The van der Waals surface area contributed by atoms with Gasteiger partial charge in [0.2, 0.25) is 27.7 Å². The summed E-state index contributed by atoms with van der Waals surface area (Å²) in [6, 6.07) is 20.8. The normalized spacial score (nSPS) is 18.7. The summed E-state index contributed by atoms with van der Waals surface area (Å²) in [5, 5.41) is 13.2. The molecular weight excluding hydrogens is 629 g/mol. The number of carbonyl (C=O) groups excluding carboxylic acids is 3. The van der Waals surface area contributed by atoms with Crippen LogP contribution in [0.5, 0.6) is 0 Å². The van der Waals surface area contributed by atoms with Gasteiger partial charge in [0.05, 0.1) is 35.4 Å². The molecule has 0 aliphatic carbocycles. The van der Waals surface area contributed by atoms with Gasteiger partial charge in [-0.25, -0.2) is 8.42 Å². The van der Waals surface area contributed by atoms with Gasteiger partial charge in [-0.2, -0.15) is 0 Å². The number of nitrogens with one attached hydrogen (secondary N) is 5. The van der Waals surface area contributed by atoms with Crippen molar-refractivity contribution in [1.82, 2.24) is 0 Å². The summed E-state index contributed by atoms with van der Waals surface area (Å²) in [4.78, 5) is 40.0. The fourth-order valence-corrected chi connectivity index (χ4v) is 7.27. The van der Waals surface area contributed by atoms with Crippen LogP contribution in [0.2, 0.25) is 0 Å². The Morgan fingerprint density at radius 2 is 1.23 bits per heavy atom. The Kier molecular flexibility index (Phi) is 7.62. The van der Waals surface area contributed by atoms with Crippen LogP contribution in [-0.2, 0) is 30.8 Å². The van der Waals surface area contributed by atoms with Crippen LogP contribution in [-0.4, -0.2) is 51.5 Å². The van der Waals surface area contributed by atoms with Gasteiger partial charge in [0, 0.05) is 54.5 Å². The highest BCUT2D eigenvalue weighted by molar-refractivity contribution is 7.92. The van der Waals surface area contributed by atoms with Crippen LogP contribution in [0.25, 0.3) is 33.4 Å². The van der Waals surface area contributed by atoms with Crippen LogP contribution in [0, 0.1) is 0 Å². The zero-order valence-electron chi connectivity index (χ0n) is 27.0. The minimum absolute atomic E-state index is 0.0383. The molecule has 0 unspecified atom stereocenters. The maximum absolute atomic E-state index is 12.9. The predicted octanol–water partition coefficient (Wildman–Crippen LogP) is 5.86. The Morgan fingerprint density at radius 3 is 1.77 bits per heavy atom. The third-order valence-corrected chi connectivity index (χ3v) is 9.50. The van der Waals surface area contributed by atoms with Crippen molar-refractivity contribution in [3.05, 3.63) is 72.3 Å². The molecule has 0 spiro atoms. The number of hydrogen-bond acceptors (Lipinski definition) is 7. The van der Waals surface area contributed by atoms with Crippen molar-refractivity contribution in [3.63, 3.8) is 0 Å². The van der Waals surface area contributed by atoms with Crippen LogP contribution in [0.4, 0.5) is 34.1 Å². The number of nitrogens with zero attached hydrogens (tertiary/aromatic N) is 1. The van der Waals surface area contributed by atoms with Gasteiger partial charge >= 0.3 is 0 Å². The first-order valence-electron chi connectivity index (χ1n) is 15.8. The lowest BCUT2D eigenvalue weighted by atomic mass is 9.91. The van der Waals surface area contributed by atoms with E-state index in [1.807, 2.05) is 62.4 Å². The monoisotopic (exact) mass is 664 g/mol. The number of likely N-dealkylation sites (N-methyl/N-ethyl adjacent to an activating group) is 1. The Labute approximate surface area is 279 Å². The smallest absolute Gasteiger partial charge is 0.231 e. The number of carbonyl (C=O) groups is 3. The maximum Gasteiger partial charge on any atom is 0.231 e. The minimum atomic E-state index is -3.45. The third-order valence-electron chi connectivity index (χ3n) is 8.89. The molecule has 48 heavy (non-hydrogen) atoms. The molecule has 4 aromatic rings. The van der Waals surface area contributed by atoms with E-state index >= 15 is 0 Å². The molecule has 3 aliphatic heterocycles. The van der Waals surface area contributed by atoms with Crippen LogP contribution < -0.4 is 30.9 Å². The fourth-order valence-electron chi connectivity index (χ4n) is 6.70. The summed E-state index contributed by atoms with van der Waals surface area (Å²) >= 11 is 0. The topological polar surface area (TPSA) is 149 Å². The largest absolute Gasteiger partial charge is 0.380 e. The van der Waals surface area contributed by atoms with Crippen molar-refractivity contribution >= 4 is 61.9 Å². The Morgan fingerprint density at radius 1 is 0.708 bits per heavy atom. The molecule has 7 rings (SSSR count). The van der Waals surface area contributed by atoms with Gasteiger partial charge in [-0.1, -0.05) is 18.2 Å². The SMILES string of the molecule is C[C@@H]1CC(=O)Nc2cc(-c3cc4c(c(-c5ccc6c(c5)CC(=O)N6C)c3)N[C@H](C)CC(=O)N4)cc(-c3ccc(NS(C)(=O)=O)cc3)c2N1. The van der Waals surface area contributed by atoms with Crippen LogP contribution >= 0.6 is 0 Å². The highest BCUT2D eigenvalue weighted by atomic mass is 32.2. The van der Waals surface area contributed by atoms with E-state index in [1.165, 1.54) is 0 Å². The Balaban J connectivity index is 1.42. The number of sulfonamides is 1. The number of hydrogen-bond donors (Lipinski definition) is 5. The van der Waals surface area contributed by atoms with Crippen LogP contribution in [0.1, 0.15) is 32.3 Å². The zero-order chi connectivity index (χ0) is 33.9. The van der Waals surface area contributed by atoms with Crippen LogP contribution in [0.15, 0.2) is 66.7 Å². The number of fused-ring (bicyclic) bond motifs is 3. The Hall–Kier alpha value is -5.36. The van der Waals surface area contributed by atoms with Gasteiger partial charge in [0.15, 0.2) is 0 Å². The van der Waals surface area contributed by atoms with Gasteiger partial charge in [0.25, 0.3) is 0 Å². The average Bonchev–Trinajstić information content (AvgIpc) is 3.10. The summed E-state index contributed by atoms with van der Waals surface area (Å²) in [7, 11) is -1.67. The predicted molar refractivity (Wildman–Crippen MR) is 191 cm³/mol. The highest BCUT2D eigenvalue weighted by Gasteiger charge is 2.28. The summed E-state index contributed by atoms with van der Waals surface area (Å²) < 4.78 is 26.1. The van der Waals surface area contributed by atoms with Crippen molar-refractivity contribution in [3.8, 4) is 33.4 Å². The second-order valence-corrected chi connectivity index (χ2v) is 14.7. The maximum atomic E-state index is 12.9. The summed E-state index contributed by atoms with van der Waals surface area (Å²) in [6.45, 7) is 3.91. The third kappa shape index (κ3) is 6.06. The van der Waals surface area contributed by atoms with E-state index in [0.717, 1.165) is 62.3 Å². The lowest BCUT2D eigenvalue weighted by Crippen LogP contribution is -2.20. The zero-order valence-corrected chi connectivity index (χ0v) is 27.8. The standard InChI is InChI=1S/C36H36N6O5S/c1-19-11-32(43)39-29-16-23(14-27(35(29)37-19)21-5-8-26(9-6-21)41-48(4,46)47)24-15-28(36-30(17-24)40-33(44)12-20(2)38-36)22-7-10-31-25(13-22)18-34(45)42(31)3/h5-10,13-17,19-20,37-38,41H,11-12,18H2,1-4H3,(H,39,43)(H,40,44)/t19-,20-/m1/s1. The molecule has 246 valence electrons. The van der Waals surface area contributed by atoms with Crippen LogP contribution in [0.3, 0.4) is 0 Å². The molecule has 12 heteroatoms. The lowest BCUT2D eigenvalue weighted by Gasteiger charge is -2.21. The van der Waals surface area contributed by atoms with E-state index < -0.39 is 10.0 Å². The van der Waals surface area contributed by atoms with E-state index in [9.17, 15) is 22.8 Å². The lowest BCUT2D eigenvalue weighted by molar-refractivity contribution is -0.117. The second-order valence-electron chi connectivity index (χ2n) is 12.9. The fraction of sp³-hybridized carbons (Fsp3) is 0.250. The molecule has 4 aromatic carbocycles. The number of benzene rings is 4. The van der Waals surface area contributed by atoms with Crippen molar-refractivity contribution in [2.24, 2.45) is 0 Å². The average molecular weight is 665 g/mol. The number of anilines is 6. The second kappa shape index (κ2) is 11.7. The van der Waals surface area contributed by atoms with E-state index in [1.54, 1.807) is 24.1 Å². The molecule has 3 aliphatic rings. The number of rotatable bonds is 5. The Bertz CT molecular complexity index is 2130. The molecule has 5 N–H and O–H groups in total. The first-order chi connectivity index (χ1) is 22.8. The van der Waals surface area contributed by atoms with E-state index in [-0.39, 0.29) is 36.2 Å². The van der Waals surface area contributed by atoms with Gasteiger partial charge in [-0.05, 0) is 90.2 Å². The quantitative estimate of drug-likeness (QED) is 0.179. The highest BCUT2D eigenvalue weighted by Crippen LogP contribution is 2.46. The summed E-state index contributed by atoms with van der Waals surface area (Å²) in [5.41, 5.74) is 10.1. The molecule has 11 nitrogen and oxygen atoms in total. The minimum Gasteiger partial charge on any atom is -0.380 e. The van der Waals surface area contributed by atoms with Gasteiger partial charge in [-0.3, -0.25) is 19.1 Å². The molecule has 0 radical (unpaired) electrons. The molecule has 0 bridgehead atoms. The molecule has 3 heterocycles. The molecule has 0 saturated heterocycles. The first kappa shape index (κ1) is 31.3. The molecule has 3 amide bonds. The van der Waals surface area contributed by atoms with E-state index in [0.29, 0.717) is 29.9 Å². The first-order valence-corrected chi connectivity index (χ1v) is 17.7. The van der Waals surface area contributed by atoms with Gasteiger partial charge in [-0.15, -0.1) is 0 Å². The molecule has 0 saturated carbocycles. The van der Waals surface area contributed by atoms with Crippen molar-refractivity contribution < 1.29 is 22.8 Å². The van der Waals surface area contributed by atoms with E-state index in [4.69, 9.17) is 0 Å². The van der Waals surface area contributed by atoms with Crippen molar-refractivity contribution in [1.29, 1.82) is 0 Å². The summed E-state index contributed by atoms with van der Waals surface area (Å²) in [5.74, 6) is -0.180. The molecule has 2 atom stereocenters. The van der Waals surface area contributed by atoms with Gasteiger partial charge < -0.3 is 26.2 Å². The number of amides is 3. The summed E-state index contributed by atoms with van der Waals surface area (Å²) in [6.07, 6.45) is 2.01. The van der Waals surface area contributed by atoms with E-state index in [2.05, 4.69) is 32.1 Å². The molecule has 0 fully saturated rings. The molecule has 0 aromatic heterocycles. The van der Waals surface area contributed by atoms with Crippen molar-refractivity contribution in [2.45, 2.75) is 45.2 Å².